The minimum absolute atomic E-state index is 0.101. The zero-order chi connectivity index (χ0) is 32.1. The Morgan fingerprint density at radius 2 is 0.933 bits per heavy atom. The largest absolute Gasteiger partial charge is 0.321 e. The van der Waals surface area contributed by atoms with Crippen LogP contribution in [-0.4, -0.2) is 28.3 Å². The van der Waals surface area contributed by atoms with Gasteiger partial charge in [-0.25, -0.2) is 0 Å². The third kappa shape index (κ3) is 7.13. The highest BCUT2D eigenvalue weighted by Crippen LogP contribution is 2.27. The van der Waals surface area contributed by atoms with Crippen LogP contribution < -0.4 is 10.6 Å². The van der Waals surface area contributed by atoms with Crippen molar-refractivity contribution in [3.63, 3.8) is 0 Å². The predicted molar refractivity (Wildman–Crippen MR) is 172 cm³/mol. The first-order chi connectivity index (χ1) is 21.6. The molecule has 0 aliphatic heterocycles. The summed E-state index contributed by atoms with van der Waals surface area (Å²) in [5, 5.41) is 17.5. The fraction of sp³-hybridized carbons (Fsp3) is 0. The van der Waals surface area contributed by atoms with Crippen molar-refractivity contribution in [2.45, 2.75) is 0 Å². The third-order valence-corrected chi connectivity index (χ3v) is 7.14. The van der Waals surface area contributed by atoms with Crippen molar-refractivity contribution in [1.29, 1.82) is 0 Å². The highest BCUT2D eigenvalue weighted by molar-refractivity contribution is 6.32. The topological polar surface area (TPSA) is 135 Å². The molecule has 0 atom stereocenters. The number of carbonyl (C=O) groups is 4. The average Bonchev–Trinajstić information content (AvgIpc) is 3.06. The molecule has 2 N–H and O–H groups in total. The standard InChI is InChI=1S/C34H21Cl2N3O6/c35-24-11-13-29(27(18-24)31(40)20-7-3-1-4-8-20)37-33(42)22-15-23(17-26(16-22)39(44)45)34(43)38-30-14-12-25(36)19-28(30)32(41)21-9-5-2-6-10-21/h1-19H,(H,37,42)(H,38,43). The number of nitrogens with zero attached hydrogens (tertiary/aromatic N) is 1. The molecule has 0 radical (unpaired) electrons. The van der Waals surface area contributed by atoms with E-state index in [0.29, 0.717) is 11.1 Å². The lowest BCUT2D eigenvalue weighted by molar-refractivity contribution is -0.384. The van der Waals surface area contributed by atoms with Crippen LogP contribution in [0.25, 0.3) is 0 Å². The Labute approximate surface area is 266 Å². The summed E-state index contributed by atoms with van der Waals surface area (Å²) < 4.78 is 0. The third-order valence-electron chi connectivity index (χ3n) is 6.67. The predicted octanol–water partition coefficient (Wildman–Crippen LogP) is 7.87. The second-order valence-electron chi connectivity index (χ2n) is 9.70. The van der Waals surface area contributed by atoms with E-state index >= 15 is 0 Å². The summed E-state index contributed by atoms with van der Waals surface area (Å²) in [7, 11) is 0. The Hall–Kier alpha value is -5.64. The number of halogens is 2. The quantitative estimate of drug-likeness (QED) is 0.0959. The molecule has 45 heavy (non-hydrogen) atoms. The fourth-order valence-electron chi connectivity index (χ4n) is 4.48. The molecule has 222 valence electrons. The molecular formula is C34H21Cl2N3O6. The molecule has 0 heterocycles. The molecule has 0 aliphatic rings. The van der Waals surface area contributed by atoms with Crippen molar-refractivity contribution in [2.75, 3.05) is 10.6 Å². The SMILES string of the molecule is O=C(Nc1ccc(Cl)cc1C(=O)c1ccccc1)c1cc(C(=O)Nc2ccc(Cl)cc2C(=O)c2ccccc2)cc([N+](=O)[O-])c1. The number of nitro benzene ring substituents is 1. The Balaban J connectivity index is 1.46. The molecule has 0 aliphatic carbocycles. The van der Waals surface area contributed by atoms with E-state index in [9.17, 15) is 29.3 Å². The minimum Gasteiger partial charge on any atom is -0.321 e. The molecule has 0 aromatic heterocycles. The van der Waals surface area contributed by atoms with Gasteiger partial charge in [0.2, 0.25) is 0 Å². The molecule has 0 bridgehead atoms. The first-order valence-electron chi connectivity index (χ1n) is 13.3. The maximum Gasteiger partial charge on any atom is 0.271 e. The first-order valence-corrected chi connectivity index (χ1v) is 14.1. The molecule has 11 heteroatoms. The van der Waals surface area contributed by atoms with Crippen molar-refractivity contribution in [1.82, 2.24) is 0 Å². The van der Waals surface area contributed by atoms with Gasteiger partial charge < -0.3 is 10.6 Å². The number of amides is 2. The van der Waals surface area contributed by atoms with Gasteiger partial charge in [-0.3, -0.25) is 29.3 Å². The Bertz CT molecular complexity index is 1850. The fourth-order valence-corrected chi connectivity index (χ4v) is 4.83. The molecule has 9 nitrogen and oxygen atoms in total. The van der Waals surface area contributed by atoms with Crippen molar-refractivity contribution in [2.24, 2.45) is 0 Å². The summed E-state index contributed by atoms with van der Waals surface area (Å²) >= 11 is 12.3. The lowest BCUT2D eigenvalue weighted by Gasteiger charge is -2.13. The van der Waals surface area contributed by atoms with E-state index < -0.39 is 34.0 Å². The van der Waals surface area contributed by atoms with Gasteiger partial charge in [-0.05, 0) is 42.5 Å². The normalized spacial score (nSPS) is 10.5. The van der Waals surface area contributed by atoms with Gasteiger partial charge in [-0.1, -0.05) is 83.9 Å². The molecule has 0 fully saturated rings. The van der Waals surface area contributed by atoms with E-state index in [1.54, 1.807) is 60.7 Å². The summed E-state index contributed by atoms with van der Waals surface area (Å²) in [6.07, 6.45) is 0. The number of nitro groups is 1. The van der Waals surface area contributed by atoms with Crippen molar-refractivity contribution >= 4 is 63.6 Å². The highest BCUT2D eigenvalue weighted by Gasteiger charge is 2.22. The van der Waals surface area contributed by atoms with Crippen LogP contribution in [0.2, 0.25) is 10.0 Å². The molecule has 5 aromatic carbocycles. The number of nitrogens with one attached hydrogen (secondary N) is 2. The van der Waals surface area contributed by atoms with Crippen LogP contribution in [0.15, 0.2) is 115 Å². The summed E-state index contributed by atoms with van der Waals surface area (Å²) in [5.41, 5.74) is 0.169. The van der Waals surface area contributed by atoms with Gasteiger partial charge in [0, 0.05) is 55.6 Å². The van der Waals surface area contributed by atoms with E-state index in [2.05, 4.69) is 10.6 Å². The molecule has 0 saturated carbocycles. The lowest BCUT2D eigenvalue weighted by atomic mass is 10.0. The van der Waals surface area contributed by atoms with E-state index in [0.717, 1.165) is 12.1 Å². The van der Waals surface area contributed by atoms with Crippen LogP contribution in [0.3, 0.4) is 0 Å². The number of hydrogen-bond acceptors (Lipinski definition) is 6. The smallest absolute Gasteiger partial charge is 0.271 e. The molecule has 0 saturated heterocycles. The van der Waals surface area contributed by atoms with Gasteiger partial charge in [0.05, 0.1) is 16.3 Å². The monoisotopic (exact) mass is 637 g/mol. The van der Waals surface area contributed by atoms with E-state index in [4.69, 9.17) is 23.2 Å². The molecule has 0 spiro atoms. The van der Waals surface area contributed by atoms with Gasteiger partial charge >= 0.3 is 0 Å². The highest BCUT2D eigenvalue weighted by atomic mass is 35.5. The summed E-state index contributed by atoms with van der Waals surface area (Å²) in [5.74, 6) is -2.44. The molecule has 5 rings (SSSR count). The van der Waals surface area contributed by atoms with E-state index in [-0.39, 0.29) is 43.7 Å². The number of hydrogen-bond donors (Lipinski definition) is 2. The first kappa shape index (κ1) is 30.8. The zero-order valence-electron chi connectivity index (χ0n) is 23.1. The van der Waals surface area contributed by atoms with Crippen LogP contribution in [0.1, 0.15) is 52.6 Å². The average molecular weight is 638 g/mol. The van der Waals surface area contributed by atoms with Crippen molar-refractivity contribution in [3.05, 3.63) is 169 Å². The van der Waals surface area contributed by atoms with Gasteiger partial charge in [0.25, 0.3) is 17.5 Å². The number of benzene rings is 5. The number of non-ortho nitro benzene ring substituents is 1. The van der Waals surface area contributed by atoms with Crippen LogP contribution in [-0.2, 0) is 0 Å². The zero-order valence-corrected chi connectivity index (χ0v) is 24.6. The van der Waals surface area contributed by atoms with E-state index in [1.807, 2.05) is 0 Å². The van der Waals surface area contributed by atoms with Gasteiger partial charge in [-0.2, -0.15) is 0 Å². The summed E-state index contributed by atoms with van der Waals surface area (Å²) in [6.45, 7) is 0. The number of anilines is 2. The molecular weight excluding hydrogens is 617 g/mol. The molecule has 2 amide bonds. The number of carbonyl (C=O) groups excluding carboxylic acids is 4. The Kier molecular flexibility index (Phi) is 9.13. The number of ketones is 2. The Morgan fingerprint density at radius 3 is 1.31 bits per heavy atom. The second-order valence-corrected chi connectivity index (χ2v) is 10.6. The van der Waals surface area contributed by atoms with Crippen molar-refractivity contribution in [3.8, 4) is 0 Å². The summed E-state index contributed by atoms with van der Waals surface area (Å²) in [4.78, 5) is 64.2. The van der Waals surface area contributed by atoms with Crippen LogP contribution in [0.4, 0.5) is 17.1 Å². The van der Waals surface area contributed by atoms with Crippen LogP contribution in [0, 0.1) is 10.1 Å². The van der Waals surface area contributed by atoms with Crippen LogP contribution in [0.5, 0.6) is 0 Å². The van der Waals surface area contributed by atoms with Gasteiger partial charge in [0.15, 0.2) is 11.6 Å². The van der Waals surface area contributed by atoms with E-state index in [1.165, 1.54) is 42.5 Å². The number of rotatable bonds is 9. The second kappa shape index (κ2) is 13.3. The van der Waals surface area contributed by atoms with Crippen molar-refractivity contribution < 1.29 is 24.1 Å². The van der Waals surface area contributed by atoms with Gasteiger partial charge in [0.1, 0.15) is 0 Å². The maximum atomic E-state index is 13.4. The van der Waals surface area contributed by atoms with Gasteiger partial charge in [-0.15, -0.1) is 0 Å². The Morgan fingerprint density at radius 1 is 0.533 bits per heavy atom. The lowest BCUT2D eigenvalue weighted by Crippen LogP contribution is -2.18. The maximum absolute atomic E-state index is 13.4. The summed E-state index contributed by atoms with van der Waals surface area (Å²) in [6, 6.07) is 28.5. The molecule has 5 aromatic rings. The molecule has 0 unspecified atom stereocenters. The van der Waals surface area contributed by atoms with Crippen LogP contribution >= 0.6 is 23.2 Å². The minimum atomic E-state index is -0.816.